The molecule has 0 saturated heterocycles. The largest absolute Gasteiger partial charge is 0.327 e. The normalized spacial score (nSPS) is 9.85. The van der Waals surface area contributed by atoms with Crippen molar-refractivity contribution >= 4 is 55.6 Å². The topological polar surface area (TPSA) is 29.1 Å². The van der Waals surface area contributed by atoms with Crippen LogP contribution in [0.5, 0.6) is 0 Å². The first kappa shape index (κ1) is 10.9. The van der Waals surface area contributed by atoms with Crippen molar-refractivity contribution < 1.29 is 9.18 Å². The molecule has 0 radical (unpaired) electrons. The van der Waals surface area contributed by atoms with Gasteiger partial charge in [-0.25, -0.2) is 4.39 Å². The van der Waals surface area contributed by atoms with Crippen LogP contribution in [0.2, 0.25) is 5.02 Å². The standard InChI is InChI=1S/C7H3Br2ClFNO/c8-3-1-4(10)6(11)5(9)7(3)12-2-13/h1-2H,(H,12,13). The molecule has 0 spiro atoms. The fraction of sp³-hybridized carbons (Fsp3) is 0. The van der Waals surface area contributed by atoms with E-state index in [2.05, 4.69) is 37.2 Å². The Hall–Kier alpha value is -0.130. The van der Waals surface area contributed by atoms with E-state index in [-0.39, 0.29) is 9.50 Å². The molecule has 0 atom stereocenters. The third-order valence-electron chi connectivity index (χ3n) is 1.32. The number of amides is 1. The maximum Gasteiger partial charge on any atom is 0.211 e. The number of rotatable bonds is 2. The van der Waals surface area contributed by atoms with Gasteiger partial charge in [-0.3, -0.25) is 4.79 Å². The van der Waals surface area contributed by atoms with E-state index in [1.165, 1.54) is 6.07 Å². The highest BCUT2D eigenvalue weighted by Crippen LogP contribution is 2.36. The highest BCUT2D eigenvalue weighted by Gasteiger charge is 2.13. The molecule has 1 rings (SSSR count). The number of halogens is 4. The first-order chi connectivity index (χ1) is 6.07. The van der Waals surface area contributed by atoms with Gasteiger partial charge in [-0.05, 0) is 37.9 Å². The Balaban J connectivity index is 3.34. The highest BCUT2D eigenvalue weighted by atomic mass is 79.9. The molecule has 70 valence electrons. The number of anilines is 1. The predicted molar refractivity (Wildman–Crippen MR) is 56.5 cm³/mol. The molecule has 1 aromatic rings. The Kier molecular flexibility index (Phi) is 3.70. The van der Waals surface area contributed by atoms with Crippen LogP contribution in [0.4, 0.5) is 10.1 Å². The van der Waals surface area contributed by atoms with Crippen LogP contribution in [-0.4, -0.2) is 6.41 Å². The summed E-state index contributed by atoms with van der Waals surface area (Å²) in [5.41, 5.74) is 0.317. The Labute approximate surface area is 95.7 Å². The smallest absolute Gasteiger partial charge is 0.211 e. The predicted octanol–water partition coefficient (Wildman–Crippen LogP) is 3.57. The van der Waals surface area contributed by atoms with Crippen molar-refractivity contribution in [3.05, 3.63) is 25.9 Å². The van der Waals surface area contributed by atoms with Crippen LogP contribution < -0.4 is 5.32 Å². The van der Waals surface area contributed by atoms with E-state index in [0.29, 0.717) is 16.6 Å². The Bertz CT molecular complexity index is 359. The van der Waals surface area contributed by atoms with E-state index < -0.39 is 5.82 Å². The van der Waals surface area contributed by atoms with Gasteiger partial charge < -0.3 is 5.32 Å². The molecule has 0 aliphatic rings. The number of carbonyl (C=O) groups excluding carboxylic acids is 1. The lowest BCUT2D eigenvalue weighted by Gasteiger charge is -2.07. The molecule has 1 N–H and O–H groups in total. The fourth-order valence-electron chi connectivity index (χ4n) is 0.757. The van der Waals surface area contributed by atoms with Crippen molar-refractivity contribution in [2.75, 3.05) is 5.32 Å². The van der Waals surface area contributed by atoms with Crippen molar-refractivity contribution in [3.63, 3.8) is 0 Å². The second-order valence-corrected chi connectivity index (χ2v) is 4.16. The Morgan fingerprint density at radius 3 is 2.69 bits per heavy atom. The van der Waals surface area contributed by atoms with E-state index in [0.717, 1.165) is 0 Å². The first-order valence-corrected chi connectivity index (χ1v) is 5.07. The van der Waals surface area contributed by atoms with E-state index in [9.17, 15) is 9.18 Å². The fourth-order valence-corrected chi connectivity index (χ4v) is 2.56. The molecule has 0 unspecified atom stereocenters. The molecule has 0 aromatic heterocycles. The number of benzene rings is 1. The zero-order valence-corrected chi connectivity index (χ0v) is 10.0. The lowest BCUT2D eigenvalue weighted by atomic mass is 10.3. The van der Waals surface area contributed by atoms with E-state index in [1.807, 2.05) is 0 Å². The van der Waals surface area contributed by atoms with Crippen molar-refractivity contribution in [1.82, 2.24) is 0 Å². The lowest BCUT2D eigenvalue weighted by molar-refractivity contribution is -0.105. The van der Waals surface area contributed by atoms with Crippen LogP contribution in [0, 0.1) is 5.82 Å². The summed E-state index contributed by atoms with van der Waals surface area (Å²) >= 11 is 11.6. The Morgan fingerprint density at radius 2 is 2.15 bits per heavy atom. The van der Waals surface area contributed by atoms with Crippen LogP contribution in [-0.2, 0) is 4.79 Å². The summed E-state index contributed by atoms with van der Waals surface area (Å²) in [5, 5.41) is 2.32. The van der Waals surface area contributed by atoms with Crippen molar-refractivity contribution in [2.45, 2.75) is 0 Å². The number of hydrogen-bond acceptors (Lipinski definition) is 1. The molecule has 0 fully saturated rings. The molecular formula is C7H3Br2ClFNO. The molecule has 1 aromatic carbocycles. The average Bonchev–Trinajstić information content (AvgIpc) is 2.09. The second kappa shape index (κ2) is 4.39. The molecule has 0 saturated carbocycles. The van der Waals surface area contributed by atoms with Crippen molar-refractivity contribution in [3.8, 4) is 0 Å². The minimum atomic E-state index is -0.603. The van der Waals surface area contributed by atoms with Crippen LogP contribution in [0.1, 0.15) is 0 Å². The zero-order valence-electron chi connectivity index (χ0n) is 6.07. The summed E-state index contributed by atoms with van der Waals surface area (Å²) in [4.78, 5) is 10.2. The van der Waals surface area contributed by atoms with Gasteiger partial charge >= 0.3 is 0 Å². The third kappa shape index (κ3) is 2.21. The molecule has 0 aliphatic carbocycles. The van der Waals surface area contributed by atoms with Crippen LogP contribution >= 0.6 is 43.5 Å². The van der Waals surface area contributed by atoms with Gasteiger partial charge in [-0.2, -0.15) is 0 Å². The highest BCUT2D eigenvalue weighted by molar-refractivity contribution is 9.11. The van der Waals surface area contributed by atoms with Crippen LogP contribution in [0.25, 0.3) is 0 Å². The van der Waals surface area contributed by atoms with E-state index >= 15 is 0 Å². The lowest BCUT2D eigenvalue weighted by Crippen LogP contribution is -1.98. The van der Waals surface area contributed by atoms with Gasteiger partial charge in [0.05, 0.1) is 15.2 Å². The number of carbonyl (C=O) groups is 1. The summed E-state index contributed by atoms with van der Waals surface area (Å²) in [7, 11) is 0. The Morgan fingerprint density at radius 1 is 1.54 bits per heavy atom. The SMILES string of the molecule is O=CNc1c(Br)cc(Cl)c(F)c1Br. The molecule has 2 nitrogen and oxygen atoms in total. The molecule has 0 aliphatic heterocycles. The van der Waals surface area contributed by atoms with Gasteiger partial charge in [0.1, 0.15) is 0 Å². The quantitative estimate of drug-likeness (QED) is 0.501. The van der Waals surface area contributed by atoms with Crippen molar-refractivity contribution in [1.29, 1.82) is 0 Å². The first-order valence-electron chi connectivity index (χ1n) is 3.11. The van der Waals surface area contributed by atoms with Gasteiger partial charge in [-0.15, -0.1) is 0 Å². The molecule has 1 amide bonds. The molecular weight excluding hydrogens is 328 g/mol. The van der Waals surface area contributed by atoms with Gasteiger partial charge in [0.25, 0.3) is 0 Å². The number of hydrogen-bond donors (Lipinski definition) is 1. The average molecular weight is 331 g/mol. The minimum Gasteiger partial charge on any atom is -0.327 e. The summed E-state index contributed by atoms with van der Waals surface area (Å²) in [5.74, 6) is -0.603. The van der Waals surface area contributed by atoms with E-state index in [4.69, 9.17) is 11.6 Å². The van der Waals surface area contributed by atoms with Gasteiger partial charge in [0.2, 0.25) is 6.41 Å². The molecule has 0 bridgehead atoms. The number of nitrogens with one attached hydrogen (secondary N) is 1. The second-order valence-electron chi connectivity index (χ2n) is 2.11. The molecule has 13 heavy (non-hydrogen) atoms. The van der Waals surface area contributed by atoms with Gasteiger partial charge in [0.15, 0.2) is 5.82 Å². The van der Waals surface area contributed by atoms with E-state index in [1.54, 1.807) is 0 Å². The monoisotopic (exact) mass is 329 g/mol. The summed E-state index contributed by atoms with van der Waals surface area (Å²) in [6.07, 6.45) is 0.457. The zero-order chi connectivity index (χ0) is 10.0. The molecule has 0 heterocycles. The maximum absolute atomic E-state index is 13.1. The van der Waals surface area contributed by atoms with Gasteiger partial charge in [0, 0.05) is 4.47 Å². The minimum absolute atomic E-state index is 0.0183. The third-order valence-corrected chi connectivity index (χ3v) is 2.96. The summed E-state index contributed by atoms with van der Waals surface area (Å²) in [6, 6.07) is 1.37. The summed E-state index contributed by atoms with van der Waals surface area (Å²) in [6.45, 7) is 0. The van der Waals surface area contributed by atoms with Crippen LogP contribution in [0.15, 0.2) is 15.0 Å². The summed E-state index contributed by atoms with van der Waals surface area (Å²) < 4.78 is 13.8. The van der Waals surface area contributed by atoms with Crippen molar-refractivity contribution in [2.24, 2.45) is 0 Å². The van der Waals surface area contributed by atoms with Gasteiger partial charge in [-0.1, -0.05) is 11.6 Å². The maximum atomic E-state index is 13.1. The molecule has 6 heteroatoms. The van der Waals surface area contributed by atoms with Crippen LogP contribution in [0.3, 0.4) is 0 Å².